The van der Waals surface area contributed by atoms with Crippen LogP contribution >= 0.6 is 0 Å². The van der Waals surface area contributed by atoms with Gasteiger partial charge in [-0.3, -0.25) is 28.8 Å². The first-order chi connectivity index (χ1) is 17.2. The maximum Gasteiger partial charge on any atom is 0.326 e. The van der Waals surface area contributed by atoms with Gasteiger partial charge in [0.15, 0.2) is 0 Å². The van der Waals surface area contributed by atoms with Crippen LogP contribution in [0, 0.1) is 0 Å². The quantitative estimate of drug-likeness (QED) is 0.107. The number of carboxylic acids is 2. The van der Waals surface area contributed by atoms with Crippen LogP contribution < -0.4 is 33.2 Å². The smallest absolute Gasteiger partial charge is 0.326 e. The Labute approximate surface area is 209 Å². The second kappa shape index (κ2) is 14.0. The summed E-state index contributed by atoms with van der Waals surface area (Å²) in [5.41, 5.74) is 16.0. The van der Waals surface area contributed by atoms with Gasteiger partial charge in [0, 0.05) is 6.42 Å². The van der Waals surface area contributed by atoms with Crippen molar-refractivity contribution in [3.8, 4) is 5.75 Å². The summed E-state index contributed by atoms with van der Waals surface area (Å²) in [5, 5.41) is 33.9. The highest BCUT2D eigenvalue weighted by atomic mass is 16.4. The minimum absolute atomic E-state index is 0.0943. The summed E-state index contributed by atoms with van der Waals surface area (Å²) in [7, 11) is 0. The molecular weight excluding hydrogens is 496 g/mol. The fourth-order valence-electron chi connectivity index (χ4n) is 2.99. The minimum atomic E-state index is -1.72. The van der Waals surface area contributed by atoms with Crippen LogP contribution in [0.4, 0.5) is 0 Å². The third-order valence-corrected chi connectivity index (χ3v) is 4.80. The number of nitrogens with two attached hydrogens (primary N) is 3. The Bertz CT molecular complexity index is 1040. The topological polar surface area (TPSA) is 294 Å². The number of primary amides is 2. The Balaban J connectivity index is 3.18. The van der Waals surface area contributed by atoms with E-state index in [-0.39, 0.29) is 12.2 Å². The standard InChI is InChI=1S/C21H28N6O10/c22-11(6-17(31)32)18(33)25-13(7-15(23)29)20(35)26-12(5-9-1-3-10(28)4-2-9)19(34)27-14(21(36)37)8-16(24)30/h1-4,11-14,28H,5-8,22H2,(H2,23,29)(H2,24,30)(H,25,33)(H,26,35)(H,27,34)(H,31,32)(H,36,37). The van der Waals surface area contributed by atoms with E-state index in [4.69, 9.17) is 22.3 Å². The SMILES string of the molecule is NC(=O)CC(NC(=O)C(Cc1ccc(O)cc1)NC(=O)C(CC(N)=O)NC(=O)C(N)CC(=O)O)C(=O)O. The molecule has 0 spiro atoms. The van der Waals surface area contributed by atoms with E-state index < -0.39 is 84.9 Å². The maximum atomic E-state index is 12.9. The summed E-state index contributed by atoms with van der Waals surface area (Å²) in [6.45, 7) is 0. The van der Waals surface area contributed by atoms with Crippen LogP contribution in [0.25, 0.3) is 0 Å². The van der Waals surface area contributed by atoms with Gasteiger partial charge in [-0.2, -0.15) is 0 Å². The van der Waals surface area contributed by atoms with E-state index in [1.807, 2.05) is 0 Å². The zero-order chi connectivity index (χ0) is 28.3. The number of carboxylic acid groups (broad SMARTS) is 2. The molecule has 0 heterocycles. The molecule has 0 saturated heterocycles. The number of carbonyl (C=O) groups is 7. The van der Waals surface area contributed by atoms with Crippen molar-refractivity contribution < 1.29 is 48.9 Å². The van der Waals surface area contributed by atoms with Gasteiger partial charge in [-0.25, -0.2) is 4.79 Å². The van der Waals surface area contributed by atoms with Gasteiger partial charge < -0.3 is 48.5 Å². The fraction of sp³-hybridized carbons (Fsp3) is 0.381. The van der Waals surface area contributed by atoms with Gasteiger partial charge in [-0.1, -0.05) is 12.1 Å². The molecule has 0 aliphatic rings. The zero-order valence-electron chi connectivity index (χ0n) is 19.4. The second-order valence-electron chi connectivity index (χ2n) is 7.94. The molecule has 0 aliphatic heterocycles. The van der Waals surface area contributed by atoms with E-state index >= 15 is 0 Å². The van der Waals surface area contributed by atoms with Crippen molar-refractivity contribution in [1.29, 1.82) is 0 Å². The van der Waals surface area contributed by atoms with Crippen LogP contribution in [0.5, 0.6) is 5.75 Å². The molecule has 0 aromatic heterocycles. The predicted octanol–water partition coefficient (Wildman–Crippen LogP) is -3.97. The lowest BCUT2D eigenvalue weighted by molar-refractivity contribution is -0.143. The van der Waals surface area contributed by atoms with E-state index in [9.17, 15) is 43.8 Å². The first kappa shape index (κ1) is 30.3. The van der Waals surface area contributed by atoms with Gasteiger partial charge >= 0.3 is 11.9 Å². The van der Waals surface area contributed by atoms with Crippen LogP contribution in [0.1, 0.15) is 24.8 Å². The van der Waals surface area contributed by atoms with Crippen LogP contribution in [-0.2, 0) is 40.0 Å². The molecule has 4 unspecified atom stereocenters. The maximum absolute atomic E-state index is 12.9. The number of amides is 5. The number of rotatable bonds is 15. The second-order valence-corrected chi connectivity index (χ2v) is 7.94. The molecule has 12 N–H and O–H groups in total. The van der Waals surface area contributed by atoms with Crippen molar-refractivity contribution in [2.75, 3.05) is 0 Å². The Hall–Kier alpha value is -4.73. The van der Waals surface area contributed by atoms with Gasteiger partial charge in [0.1, 0.15) is 23.9 Å². The lowest BCUT2D eigenvalue weighted by Crippen LogP contribution is -2.58. The summed E-state index contributed by atoms with van der Waals surface area (Å²) in [5.74, 6) is -8.36. The monoisotopic (exact) mass is 524 g/mol. The molecule has 1 aromatic carbocycles. The Kier molecular flexibility index (Phi) is 11.4. The van der Waals surface area contributed by atoms with Crippen LogP contribution in [-0.4, -0.2) is 81.0 Å². The van der Waals surface area contributed by atoms with E-state index in [0.717, 1.165) is 0 Å². The number of phenols is 1. The molecule has 5 amide bonds. The summed E-state index contributed by atoms with van der Waals surface area (Å²) in [4.78, 5) is 82.8. The lowest BCUT2D eigenvalue weighted by atomic mass is 10.0. The summed E-state index contributed by atoms with van der Waals surface area (Å²) >= 11 is 0. The average molecular weight is 524 g/mol. The molecule has 16 heteroatoms. The molecule has 16 nitrogen and oxygen atoms in total. The summed E-state index contributed by atoms with van der Waals surface area (Å²) in [6.07, 6.45) is -2.53. The number of carbonyl (C=O) groups excluding carboxylic acids is 5. The lowest BCUT2D eigenvalue weighted by Gasteiger charge is -2.24. The largest absolute Gasteiger partial charge is 0.508 e. The van der Waals surface area contributed by atoms with Crippen molar-refractivity contribution in [3.05, 3.63) is 29.8 Å². The third-order valence-electron chi connectivity index (χ3n) is 4.80. The number of aliphatic carboxylic acids is 2. The minimum Gasteiger partial charge on any atom is -0.508 e. The molecule has 0 aliphatic carbocycles. The van der Waals surface area contributed by atoms with Gasteiger partial charge in [-0.05, 0) is 17.7 Å². The first-order valence-electron chi connectivity index (χ1n) is 10.6. The number of phenolic OH excluding ortho intramolecular Hbond substituents is 1. The number of hydrogen-bond donors (Lipinski definition) is 9. The molecular formula is C21H28N6O10. The average Bonchev–Trinajstić information content (AvgIpc) is 2.77. The van der Waals surface area contributed by atoms with Crippen molar-refractivity contribution in [2.45, 2.75) is 49.9 Å². The summed E-state index contributed by atoms with van der Waals surface area (Å²) < 4.78 is 0. The third kappa shape index (κ3) is 11.0. The summed E-state index contributed by atoms with van der Waals surface area (Å²) in [6, 6.07) is -1.06. The van der Waals surface area contributed by atoms with Crippen LogP contribution in [0.2, 0.25) is 0 Å². The molecule has 0 radical (unpaired) electrons. The first-order valence-corrected chi connectivity index (χ1v) is 10.6. The molecule has 1 rings (SSSR count). The van der Waals surface area contributed by atoms with Gasteiger partial charge in [0.05, 0.1) is 25.3 Å². The van der Waals surface area contributed by atoms with Crippen molar-refractivity contribution in [3.63, 3.8) is 0 Å². The van der Waals surface area contributed by atoms with Crippen molar-refractivity contribution >= 4 is 41.5 Å². The van der Waals surface area contributed by atoms with Crippen LogP contribution in [0.3, 0.4) is 0 Å². The highest BCUT2D eigenvalue weighted by Gasteiger charge is 2.32. The fourth-order valence-corrected chi connectivity index (χ4v) is 2.99. The number of hydrogen-bond acceptors (Lipinski definition) is 9. The predicted molar refractivity (Wildman–Crippen MR) is 123 cm³/mol. The Morgan fingerprint density at radius 1 is 0.703 bits per heavy atom. The number of nitrogens with one attached hydrogen (secondary N) is 3. The molecule has 37 heavy (non-hydrogen) atoms. The normalized spacial score (nSPS) is 13.8. The van der Waals surface area contributed by atoms with E-state index in [2.05, 4.69) is 16.0 Å². The number of aromatic hydroxyl groups is 1. The van der Waals surface area contributed by atoms with Crippen LogP contribution in [0.15, 0.2) is 24.3 Å². The van der Waals surface area contributed by atoms with E-state index in [1.165, 1.54) is 24.3 Å². The van der Waals surface area contributed by atoms with E-state index in [1.54, 1.807) is 0 Å². The molecule has 0 bridgehead atoms. The van der Waals surface area contributed by atoms with Gasteiger partial charge in [-0.15, -0.1) is 0 Å². The molecule has 202 valence electrons. The Morgan fingerprint density at radius 2 is 1.16 bits per heavy atom. The molecule has 0 saturated carbocycles. The number of benzene rings is 1. The van der Waals surface area contributed by atoms with Gasteiger partial charge in [0.2, 0.25) is 29.5 Å². The Morgan fingerprint density at radius 3 is 1.65 bits per heavy atom. The van der Waals surface area contributed by atoms with Crippen molar-refractivity contribution in [2.24, 2.45) is 17.2 Å². The highest BCUT2D eigenvalue weighted by Crippen LogP contribution is 2.12. The van der Waals surface area contributed by atoms with Crippen molar-refractivity contribution in [1.82, 2.24) is 16.0 Å². The van der Waals surface area contributed by atoms with Gasteiger partial charge in [0.25, 0.3) is 0 Å². The molecule has 0 fully saturated rings. The molecule has 1 aromatic rings. The highest BCUT2D eigenvalue weighted by molar-refractivity contribution is 5.97. The van der Waals surface area contributed by atoms with E-state index in [0.29, 0.717) is 5.56 Å². The zero-order valence-corrected chi connectivity index (χ0v) is 19.4. The molecule has 4 atom stereocenters.